The third kappa shape index (κ3) is 21.6. The van der Waals surface area contributed by atoms with Gasteiger partial charge in [-0.3, -0.25) is 14.4 Å². The predicted molar refractivity (Wildman–Crippen MR) is 343 cm³/mol. The van der Waals surface area contributed by atoms with E-state index >= 15 is 0 Å². The molecule has 5 aliphatic rings. The fourth-order valence-corrected chi connectivity index (χ4v) is 10.4. The number of phenolic OH excluding ortho intramolecular Hbond substituents is 3. The third-order valence-corrected chi connectivity index (χ3v) is 14.9. The maximum atomic E-state index is 12.0. The molecule has 478 valence electrons. The van der Waals surface area contributed by atoms with Gasteiger partial charge in [0.2, 0.25) is 10.0 Å². The maximum absolute atomic E-state index is 12.0. The van der Waals surface area contributed by atoms with Gasteiger partial charge in [-0.2, -0.15) is 4.31 Å². The predicted octanol–water partition coefficient (Wildman–Crippen LogP) is 13.4. The van der Waals surface area contributed by atoms with E-state index in [1.54, 1.807) is 38.5 Å². The molecule has 0 aromatic heterocycles. The van der Waals surface area contributed by atoms with Crippen molar-refractivity contribution in [2.24, 2.45) is 17.8 Å². The van der Waals surface area contributed by atoms with E-state index in [4.69, 9.17) is 48.1 Å². The molecule has 88 heavy (non-hydrogen) atoms. The SMILES string of the molecule is CC(C)CN(CC1=CC2C=CC(C)(C)OC2C(O)=C1)S(C)(=O)=O.CC1(C)C=Cc2cc(C=O)cc(O)c2O1.COCOc1cc(C=O)cc2c1OC(C)(C)C=C2.COCOc1cc(CCCC(C)C)cc2c1OC(C)(C)C=C2.O=Cc1ccc(O)c(O)c1. The van der Waals surface area contributed by atoms with Crippen LogP contribution in [0.5, 0.6) is 46.0 Å². The Balaban J connectivity index is 0.000000205. The summed E-state index contributed by atoms with van der Waals surface area (Å²) in [6, 6.07) is 14.7. The Morgan fingerprint density at radius 1 is 0.602 bits per heavy atom. The number of phenols is 3. The Hall–Kier alpha value is -7.68. The van der Waals surface area contributed by atoms with Crippen LogP contribution < -0.4 is 23.7 Å². The lowest BCUT2D eigenvalue weighted by Gasteiger charge is -2.37. The number of hydrogen-bond acceptors (Lipinski definition) is 17. The van der Waals surface area contributed by atoms with E-state index in [9.17, 15) is 33.0 Å². The highest BCUT2D eigenvalue weighted by molar-refractivity contribution is 7.88. The number of benzene rings is 4. The van der Waals surface area contributed by atoms with Gasteiger partial charge in [-0.1, -0.05) is 70.6 Å². The molecule has 2 unspecified atom stereocenters. The molecule has 4 aliphatic heterocycles. The molecule has 0 saturated carbocycles. The zero-order chi connectivity index (χ0) is 65.4. The van der Waals surface area contributed by atoms with Gasteiger partial charge >= 0.3 is 0 Å². The van der Waals surface area contributed by atoms with E-state index < -0.39 is 27.3 Å². The van der Waals surface area contributed by atoms with Gasteiger partial charge < -0.3 is 58.3 Å². The van der Waals surface area contributed by atoms with Crippen LogP contribution in [0.15, 0.2) is 108 Å². The average Bonchev–Trinajstić information content (AvgIpc) is 1.97. The van der Waals surface area contributed by atoms with Gasteiger partial charge in [-0.15, -0.1) is 0 Å². The highest BCUT2D eigenvalue weighted by Gasteiger charge is 2.36. The topological polar surface area (TPSA) is 243 Å². The fourth-order valence-electron chi connectivity index (χ4n) is 9.40. The van der Waals surface area contributed by atoms with Crippen LogP contribution in [0, 0.1) is 17.8 Å². The van der Waals surface area contributed by atoms with E-state index in [2.05, 4.69) is 38.1 Å². The molecule has 4 heterocycles. The number of aliphatic hydroxyl groups is 1. The van der Waals surface area contributed by atoms with Gasteiger partial charge in [0.05, 0.1) is 11.9 Å². The van der Waals surface area contributed by atoms with Crippen molar-refractivity contribution in [1.82, 2.24) is 4.31 Å². The van der Waals surface area contributed by atoms with Crippen LogP contribution in [0.3, 0.4) is 0 Å². The molecule has 0 fully saturated rings. The van der Waals surface area contributed by atoms with Gasteiger partial charge in [-0.05, 0) is 170 Å². The van der Waals surface area contributed by atoms with Gasteiger partial charge in [0.1, 0.15) is 47.5 Å². The second-order valence-electron chi connectivity index (χ2n) is 24.9. The number of hydrogen-bond donors (Lipinski definition) is 4. The molecule has 4 aromatic rings. The minimum Gasteiger partial charge on any atom is -0.509 e. The first-order valence-electron chi connectivity index (χ1n) is 29.1. The number of fused-ring (bicyclic) bond motifs is 4. The number of aromatic hydroxyl groups is 3. The number of nitrogens with zero attached hydrogens (tertiary/aromatic N) is 1. The molecule has 1 aliphatic carbocycles. The number of aldehydes is 3. The molecule has 19 heteroatoms. The van der Waals surface area contributed by atoms with Crippen LogP contribution in [-0.4, -0.2) is 128 Å². The molecule has 4 N–H and O–H groups in total. The molecule has 0 radical (unpaired) electrons. The first-order chi connectivity index (χ1) is 41.2. The van der Waals surface area contributed by atoms with Gasteiger partial charge in [-0.25, -0.2) is 8.42 Å². The maximum Gasteiger partial charge on any atom is 0.211 e. The summed E-state index contributed by atoms with van der Waals surface area (Å²) in [6.07, 6.45) is 25.9. The zero-order valence-corrected chi connectivity index (χ0v) is 54.2. The van der Waals surface area contributed by atoms with Crippen molar-refractivity contribution in [2.75, 3.05) is 47.2 Å². The Morgan fingerprint density at radius 2 is 1.10 bits per heavy atom. The molecule has 2 atom stereocenters. The van der Waals surface area contributed by atoms with Crippen LogP contribution >= 0.6 is 0 Å². The highest BCUT2D eigenvalue weighted by Crippen LogP contribution is 2.43. The van der Waals surface area contributed by atoms with Crippen LogP contribution in [0.25, 0.3) is 18.2 Å². The quantitative estimate of drug-likeness (QED) is 0.0313. The number of rotatable bonds is 18. The summed E-state index contributed by atoms with van der Waals surface area (Å²) in [5.74, 6) is 3.78. The number of sulfonamides is 1. The van der Waals surface area contributed by atoms with Crippen LogP contribution in [0.1, 0.15) is 149 Å². The van der Waals surface area contributed by atoms with E-state index in [0.717, 1.165) is 52.4 Å². The minimum absolute atomic E-state index is 0.00650. The Bertz CT molecular complexity index is 3380. The minimum atomic E-state index is -3.29. The fraction of sp³-hybridized carbons (Fsp3) is 0.435. The van der Waals surface area contributed by atoms with Crippen molar-refractivity contribution >= 4 is 47.1 Å². The second-order valence-corrected chi connectivity index (χ2v) is 26.8. The monoisotopic (exact) mass is 1240 g/mol. The van der Waals surface area contributed by atoms with Crippen molar-refractivity contribution in [1.29, 1.82) is 0 Å². The average molecular weight is 1240 g/mol. The summed E-state index contributed by atoms with van der Waals surface area (Å²) in [4.78, 5) is 31.6. The molecule has 0 bridgehead atoms. The standard InChI is InChI=1S/C19H28O3.C17H27NO4S.C14H16O4.C12H12O3.C7H6O3/c1-14(2)7-6-8-15-11-16-9-10-19(3,4)22-18(16)17(12-15)21-13-20-5;1-12(2)10-18(23(5,20)21)11-13-8-14-6-7-17(3,4)22-16(14)15(19)9-13;1-14(2)5-4-11-6-10(8-15)7-12(13(11)18-14)17-9-16-3;1-12(2)4-3-9-5-8(7-13)6-10(14)11(9)15-12;8-4-5-1-2-6(9)7(10)3-5/h9-12,14H,6-8,13H2,1-5H3;6-9,12,14,16,19H,10-11H2,1-5H3;4-8H,9H2,1-3H3;3-7,14H,1-2H3;1-4,9-10H. The largest absolute Gasteiger partial charge is 0.509 e. The van der Waals surface area contributed by atoms with Gasteiger partial charge in [0, 0.05) is 66.6 Å². The number of aliphatic hydroxyl groups excluding tert-OH is 1. The van der Waals surface area contributed by atoms with Crippen LogP contribution in [-0.2, 0) is 30.7 Å². The molecule has 0 saturated heterocycles. The van der Waals surface area contributed by atoms with Crippen molar-refractivity contribution in [3.8, 4) is 46.0 Å². The molecule has 18 nitrogen and oxygen atoms in total. The lowest BCUT2D eigenvalue weighted by atomic mass is 9.87. The summed E-state index contributed by atoms with van der Waals surface area (Å²) in [6.45, 7) is 25.3. The molecule has 4 aromatic carbocycles. The first-order valence-corrected chi connectivity index (χ1v) is 31.0. The van der Waals surface area contributed by atoms with Crippen molar-refractivity contribution < 1.29 is 81.1 Å². The van der Waals surface area contributed by atoms with Crippen molar-refractivity contribution in [3.05, 3.63) is 147 Å². The number of carbonyl (C=O) groups excluding carboxylic acids is 3. The number of carbonyl (C=O) groups is 3. The summed E-state index contributed by atoms with van der Waals surface area (Å²) in [5.41, 5.74) is 4.55. The van der Waals surface area contributed by atoms with E-state index in [1.165, 1.54) is 53.2 Å². The number of aryl methyl sites for hydroxylation is 1. The van der Waals surface area contributed by atoms with E-state index in [0.29, 0.717) is 53.1 Å². The zero-order valence-electron chi connectivity index (χ0n) is 53.4. The van der Waals surface area contributed by atoms with Crippen molar-refractivity contribution in [3.63, 3.8) is 0 Å². The van der Waals surface area contributed by atoms with E-state index in [1.807, 2.05) is 112 Å². The van der Waals surface area contributed by atoms with Crippen molar-refractivity contribution in [2.45, 2.75) is 131 Å². The number of methoxy groups -OCH3 is 2. The normalized spacial score (nSPS) is 18.0. The molecular weight excluding hydrogens is 1150 g/mol. The van der Waals surface area contributed by atoms with Crippen LogP contribution in [0.4, 0.5) is 0 Å². The lowest BCUT2D eigenvalue weighted by Crippen LogP contribution is -2.40. The Kier molecular flexibility index (Phi) is 25.0. The van der Waals surface area contributed by atoms with Crippen LogP contribution in [0.2, 0.25) is 0 Å². The summed E-state index contributed by atoms with van der Waals surface area (Å²) in [5, 5.41) is 37.6. The molecule has 0 amide bonds. The highest BCUT2D eigenvalue weighted by atomic mass is 32.2. The Morgan fingerprint density at radius 3 is 1.60 bits per heavy atom. The molecule has 0 spiro atoms. The summed E-state index contributed by atoms with van der Waals surface area (Å²) < 4.78 is 69.9. The smallest absolute Gasteiger partial charge is 0.211 e. The third-order valence-electron chi connectivity index (χ3n) is 13.7. The van der Waals surface area contributed by atoms with Gasteiger partial charge in [0.15, 0.2) is 59.6 Å². The molecular formula is C69H89NO17S. The van der Waals surface area contributed by atoms with Gasteiger partial charge in [0.25, 0.3) is 0 Å². The summed E-state index contributed by atoms with van der Waals surface area (Å²) in [7, 11) is -0.121. The van der Waals surface area contributed by atoms with E-state index in [-0.39, 0.29) is 66.2 Å². The number of ether oxygens (including phenoxy) is 8. The second kappa shape index (κ2) is 31.0. The first kappa shape index (κ1) is 71.1. The lowest BCUT2D eigenvalue weighted by molar-refractivity contribution is -0.0616. The molecule has 9 rings (SSSR count). The Labute approximate surface area is 519 Å². The summed E-state index contributed by atoms with van der Waals surface area (Å²) >= 11 is 0.